The third-order valence-corrected chi connectivity index (χ3v) is 5.06. The zero-order valence-electron chi connectivity index (χ0n) is 17.3. The minimum absolute atomic E-state index is 0.00881. The molecule has 0 bridgehead atoms. The maximum atomic E-state index is 13.1. The van der Waals surface area contributed by atoms with Crippen molar-refractivity contribution in [1.29, 1.82) is 0 Å². The number of nitrogens with one attached hydrogen (secondary N) is 1. The Morgan fingerprint density at radius 2 is 1.43 bits per heavy atom. The van der Waals surface area contributed by atoms with Gasteiger partial charge in [0.1, 0.15) is 12.5 Å². The van der Waals surface area contributed by atoms with Crippen LogP contribution in [0.2, 0.25) is 0 Å². The van der Waals surface area contributed by atoms with Gasteiger partial charge in [-0.25, -0.2) is 9.59 Å². The van der Waals surface area contributed by atoms with Gasteiger partial charge in [-0.2, -0.15) is 0 Å². The molecule has 2 aromatic rings. The van der Waals surface area contributed by atoms with E-state index in [0.717, 1.165) is 16.3 Å². The van der Waals surface area contributed by atoms with E-state index in [1.807, 2.05) is 42.5 Å². The second-order valence-corrected chi connectivity index (χ2v) is 6.86. The first kappa shape index (κ1) is 21.1. The Kier molecular flexibility index (Phi) is 6.20. The first-order chi connectivity index (χ1) is 14.4. The average molecular weight is 409 g/mol. The highest BCUT2D eigenvalue weighted by Crippen LogP contribution is 2.33. The van der Waals surface area contributed by atoms with Gasteiger partial charge >= 0.3 is 17.9 Å². The maximum absolute atomic E-state index is 13.1. The molecule has 7 heteroatoms. The van der Waals surface area contributed by atoms with Crippen LogP contribution in [0.25, 0.3) is 10.8 Å². The highest BCUT2D eigenvalue weighted by Gasteiger charge is 2.42. The van der Waals surface area contributed by atoms with Crippen LogP contribution in [0.3, 0.4) is 0 Å². The van der Waals surface area contributed by atoms with Crippen LogP contribution < -0.4 is 5.32 Å². The molecule has 1 aliphatic rings. The van der Waals surface area contributed by atoms with E-state index in [-0.39, 0.29) is 17.8 Å². The number of fused-ring (bicyclic) bond motifs is 1. The number of methoxy groups -OCH3 is 2. The zero-order chi connectivity index (χ0) is 21.8. The lowest BCUT2D eigenvalue weighted by molar-refractivity contribution is -0.152. The topological polar surface area (TPSA) is 90.9 Å². The first-order valence-corrected chi connectivity index (χ1v) is 9.37. The normalized spacial score (nSPS) is 14.4. The Morgan fingerprint density at radius 1 is 0.867 bits per heavy atom. The summed E-state index contributed by atoms with van der Waals surface area (Å²) < 4.78 is 15.2. The molecule has 1 N–H and O–H groups in total. The first-order valence-electron chi connectivity index (χ1n) is 9.37. The van der Waals surface area contributed by atoms with Gasteiger partial charge in [-0.3, -0.25) is 4.79 Å². The van der Waals surface area contributed by atoms with Gasteiger partial charge in [-0.15, -0.1) is 0 Å². The maximum Gasteiger partial charge on any atom is 0.336 e. The Bertz CT molecular complexity index is 1040. The number of hydrogen-bond donors (Lipinski definition) is 1. The van der Waals surface area contributed by atoms with E-state index in [4.69, 9.17) is 14.2 Å². The van der Waals surface area contributed by atoms with E-state index >= 15 is 0 Å². The van der Waals surface area contributed by atoms with Gasteiger partial charge in [0.15, 0.2) is 0 Å². The van der Waals surface area contributed by atoms with Crippen LogP contribution in [0, 0.1) is 5.92 Å². The lowest BCUT2D eigenvalue weighted by Crippen LogP contribution is -2.37. The molecule has 0 aromatic heterocycles. The second kappa shape index (κ2) is 8.82. The molecule has 0 amide bonds. The molecule has 7 nitrogen and oxygen atoms in total. The molecule has 1 aliphatic heterocycles. The van der Waals surface area contributed by atoms with E-state index < -0.39 is 23.8 Å². The summed E-state index contributed by atoms with van der Waals surface area (Å²) in [5, 5.41) is 4.92. The molecule has 0 atom stereocenters. The molecule has 3 rings (SSSR count). The molecule has 0 radical (unpaired) electrons. The van der Waals surface area contributed by atoms with Gasteiger partial charge in [-0.1, -0.05) is 42.5 Å². The fourth-order valence-electron chi connectivity index (χ4n) is 3.64. The lowest BCUT2D eigenvalue weighted by Gasteiger charge is -2.28. The summed E-state index contributed by atoms with van der Waals surface area (Å²) in [4.78, 5) is 37.9. The van der Waals surface area contributed by atoms with E-state index in [9.17, 15) is 14.4 Å². The number of benzene rings is 2. The quantitative estimate of drug-likeness (QED) is 0.600. The van der Waals surface area contributed by atoms with Crippen molar-refractivity contribution in [2.24, 2.45) is 5.92 Å². The van der Waals surface area contributed by atoms with Crippen molar-refractivity contribution in [2.45, 2.75) is 20.5 Å². The molecular weight excluding hydrogens is 386 g/mol. The average Bonchev–Trinajstić information content (AvgIpc) is 2.75. The van der Waals surface area contributed by atoms with Gasteiger partial charge in [0, 0.05) is 11.4 Å². The van der Waals surface area contributed by atoms with Crippen molar-refractivity contribution in [1.82, 2.24) is 5.32 Å². The van der Waals surface area contributed by atoms with E-state index in [0.29, 0.717) is 11.4 Å². The Hall–Kier alpha value is -3.61. The number of allylic oxidation sites excluding steroid dienone is 2. The molecule has 0 spiro atoms. The summed E-state index contributed by atoms with van der Waals surface area (Å²) in [5.74, 6) is -3.42. The molecule has 1 heterocycles. The Morgan fingerprint density at radius 3 is 2.03 bits per heavy atom. The van der Waals surface area contributed by atoms with E-state index in [1.54, 1.807) is 13.8 Å². The Labute approximate surface area is 174 Å². The summed E-state index contributed by atoms with van der Waals surface area (Å²) in [6.07, 6.45) is 0. The highest BCUT2D eigenvalue weighted by atomic mass is 16.5. The monoisotopic (exact) mass is 409 g/mol. The van der Waals surface area contributed by atoms with Gasteiger partial charge in [0.25, 0.3) is 0 Å². The number of carbonyl (C=O) groups is 3. The zero-order valence-corrected chi connectivity index (χ0v) is 17.3. The van der Waals surface area contributed by atoms with Crippen LogP contribution in [0.5, 0.6) is 0 Å². The third kappa shape index (κ3) is 3.91. The summed E-state index contributed by atoms with van der Waals surface area (Å²) >= 11 is 0. The van der Waals surface area contributed by atoms with Crippen molar-refractivity contribution in [3.05, 3.63) is 70.6 Å². The van der Waals surface area contributed by atoms with Crippen molar-refractivity contribution in [2.75, 3.05) is 14.2 Å². The van der Waals surface area contributed by atoms with Crippen LogP contribution in [0.1, 0.15) is 19.4 Å². The molecule has 0 aliphatic carbocycles. The molecule has 30 heavy (non-hydrogen) atoms. The van der Waals surface area contributed by atoms with Crippen molar-refractivity contribution in [3.63, 3.8) is 0 Å². The van der Waals surface area contributed by atoms with E-state index in [1.165, 1.54) is 14.2 Å². The smallest absolute Gasteiger partial charge is 0.336 e. The van der Waals surface area contributed by atoms with Crippen LogP contribution >= 0.6 is 0 Å². The minimum Gasteiger partial charge on any atom is -0.466 e. The number of ether oxygens (including phenoxy) is 3. The highest BCUT2D eigenvalue weighted by molar-refractivity contribution is 6.05. The fraction of sp³-hybridized carbons (Fsp3) is 0.261. The van der Waals surface area contributed by atoms with Crippen molar-refractivity contribution >= 4 is 28.7 Å². The number of dihydropyridines is 1. The van der Waals surface area contributed by atoms with Crippen molar-refractivity contribution < 1.29 is 28.6 Å². The van der Waals surface area contributed by atoms with Gasteiger partial charge in [-0.05, 0) is 30.2 Å². The summed E-state index contributed by atoms with van der Waals surface area (Å²) in [5.41, 5.74) is 1.69. The van der Waals surface area contributed by atoms with Gasteiger partial charge in [0.2, 0.25) is 0 Å². The molecular formula is C23H23NO6. The van der Waals surface area contributed by atoms with Crippen LogP contribution in [-0.2, 0) is 35.2 Å². The largest absolute Gasteiger partial charge is 0.466 e. The number of carbonyl (C=O) groups excluding carboxylic acids is 3. The Balaban J connectivity index is 1.95. The van der Waals surface area contributed by atoms with Gasteiger partial charge in [0.05, 0.1) is 25.4 Å². The standard InChI is InChI=1S/C23H23NO6/c1-13-18(21(25)28-3)20(19(14(2)24-13)22(26)29-4)23(27)30-12-16-10-7-9-15-8-5-6-11-17(15)16/h5-11,20,24H,12H2,1-4H3. The van der Waals surface area contributed by atoms with Gasteiger partial charge < -0.3 is 19.5 Å². The minimum atomic E-state index is -1.25. The fourth-order valence-corrected chi connectivity index (χ4v) is 3.64. The molecule has 2 aromatic carbocycles. The predicted molar refractivity (Wildman–Crippen MR) is 110 cm³/mol. The van der Waals surface area contributed by atoms with E-state index in [2.05, 4.69) is 5.32 Å². The number of rotatable bonds is 5. The van der Waals surface area contributed by atoms with Crippen LogP contribution in [0.4, 0.5) is 0 Å². The van der Waals surface area contributed by atoms with Crippen LogP contribution in [0.15, 0.2) is 65.0 Å². The second-order valence-electron chi connectivity index (χ2n) is 6.86. The molecule has 0 saturated carbocycles. The summed E-state index contributed by atoms with van der Waals surface area (Å²) in [6, 6.07) is 13.5. The summed E-state index contributed by atoms with van der Waals surface area (Å²) in [6.45, 7) is 3.26. The van der Waals surface area contributed by atoms with Crippen molar-refractivity contribution in [3.8, 4) is 0 Å². The van der Waals surface area contributed by atoms with Crippen LogP contribution in [-0.4, -0.2) is 32.1 Å². The molecule has 0 unspecified atom stereocenters. The number of esters is 3. The third-order valence-electron chi connectivity index (χ3n) is 5.06. The number of hydrogen-bond acceptors (Lipinski definition) is 7. The molecule has 156 valence electrons. The molecule has 0 saturated heterocycles. The summed E-state index contributed by atoms with van der Waals surface area (Å²) in [7, 11) is 2.42. The SMILES string of the molecule is COC(=O)C1=C(C)NC(C)=C(C(=O)OC)C1C(=O)OCc1cccc2ccccc12. The predicted octanol–water partition coefficient (Wildman–Crippen LogP) is 3.00. The lowest BCUT2D eigenvalue weighted by atomic mass is 9.85. The molecule has 0 fully saturated rings.